The van der Waals surface area contributed by atoms with Gasteiger partial charge in [0.25, 0.3) is 11.4 Å². The molecule has 25 heavy (non-hydrogen) atoms. The van der Waals surface area contributed by atoms with Gasteiger partial charge in [0.2, 0.25) is 5.79 Å². The molecule has 2 heterocycles. The predicted octanol–water partition coefficient (Wildman–Crippen LogP) is 0.437. The van der Waals surface area contributed by atoms with E-state index in [0.29, 0.717) is 12.8 Å². The molecule has 2 aliphatic heterocycles. The van der Waals surface area contributed by atoms with Crippen molar-refractivity contribution in [2.75, 3.05) is 6.61 Å². The van der Waals surface area contributed by atoms with Gasteiger partial charge in [-0.2, -0.15) is 4.89 Å². The Labute approximate surface area is 144 Å². The van der Waals surface area contributed by atoms with Crippen molar-refractivity contribution in [2.45, 2.75) is 57.7 Å². The van der Waals surface area contributed by atoms with E-state index in [-0.39, 0.29) is 12.5 Å². The lowest BCUT2D eigenvalue weighted by atomic mass is 9.70. The minimum atomic E-state index is -2.27. The number of cyclic esters (lactones) is 2. The fourth-order valence-corrected chi connectivity index (χ4v) is 3.52. The highest BCUT2D eigenvalue weighted by Gasteiger charge is 2.74. The Kier molecular flexibility index (Phi) is 4.09. The summed E-state index contributed by atoms with van der Waals surface area (Å²) in [5, 5.41) is 10.5. The lowest BCUT2D eigenvalue weighted by Crippen LogP contribution is -2.71. The third kappa shape index (κ3) is 2.80. The molecule has 3 rings (SSSR count). The Morgan fingerprint density at radius 1 is 1.16 bits per heavy atom. The second kappa shape index (κ2) is 5.65. The second-order valence-electron chi connectivity index (χ2n) is 7.23. The highest BCUT2D eigenvalue weighted by atomic mass is 17.2. The molecule has 9 nitrogen and oxygen atoms in total. The number of rotatable bonds is 3. The van der Waals surface area contributed by atoms with E-state index in [0.717, 1.165) is 0 Å². The topological polar surface area (TPSA) is 118 Å². The van der Waals surface area contributed by atoms with Crippen LogP contribution in [0.3, 0.4) is 0 Å². The van der Waals surface area contributed by atoms with Gasteiger partial charge in [-0.3, -0.25) is 4.79 Å². The summed E-state index contributed by atoms with van der Waals surface area (Å²) in [6, 6.07) is 0. The van der Waals surface area contributed by atoms with Gasteiger partial charge in [-0.1, -0.05) is 0 Å². The maximum absolute atomic E-state index is 12.7. The van der Waals surface area contributed by atoms with Crippen molar-refractivity contribution in [3.63, 3.8) is 0 Å². The van der Waals surface area contributed by atoms with E-state index in [4.69, 9.17) is 24.0 Å². The highest BCUT2D eigenvalue weighted by Crippen LogP contribution is 2.55. The first-order valence-corrected chi connectivity index (χ1v) is 8.28. The fourth-order valence-electron chi connectivity index (χ4n) is 3.52. The van der Waals surface area contributed by atoms with E-state index in [2.05, 4.69) is 0 Å². The third-order valence-electron chi connectivity index (χ3n) is 4.70. The first-order chi connectivity index (χ1) is 11.5. The van der Waals surface area contributed by atoms with Crippen LogP contribution in [0.5, 0.6) is 0 Å². The number of hydrogen-bond donors (Lipinski definition) is 1. The van der Waals surface area contributed by atoms with Crippen LogP contribution in [0.25, 0.3) is 0 Å². The van der Waals surface area contributed by atoms with E-state index in [9.17, 15) is 19.5 Å². The summed E-state index contributed by atoms with van der Waals surface area (Å²) in [6.45, 7) is 5.72. The number of hydrogen-bond acceptors (Lipinski definition) is 9. The Bertz CT molecular complexity index is 585. The zero-order valence-electron chi connectivity index (χ0n) is 14.6. The smallest absolute Gasteiger partial charge is 0.357 e. The molecule has 3 fully saturated rings. The van der Waals surface area contributed by atoms with Crippen molar-refractivity contribution in [3.05, 3.63) is 0 Å². The molecular formula is C16H22O9. The van der Waals surface area contributed by atoms with Crippen molar-refractivity contribution >= 4 is 17.9 Å². The molecule has 0 aromatic rings. The van der Waals surface area contributed by atoms with Gasteiger partial charge in [0.1, 0.15) is 5.92 Å². The third-order valence-corrected chi connectivity index (χ3v) is 4.70. The summed E-state index contributed by atoms with van der Waals surface area (Å²) in [7, 11) is 0. The van der Waals surface area contributed by atoms with Crippen molar-refractivity contribution in [1.82, 2.24) is 0 Å². The second-order valence-corrected chi connectivity index (χ2v) is 7.23. The summed E-state index contributed by atoms with van der Waals surface area (Å²) in [5.74, 6) is -8.87. The van der Waals surface area contributed by atoms with Gasteiger partial charge in [-0.15, -0.1) is 0 Å². The Morgan fingerprint density at radius 2 is 1.72 bits per heavy atom. The average Bonchev–Trinajstić information content (AvgIpc) is 3.28. The standard InChI is InChI=1S/C16H22O9/c1-5-21-11(17)10-9(8-6-7-8)16(25-24-15(10,4)20)12(18)22-14(2,3)23-13(16)19/h8-10,20H,5-7H2,1-4H3/t9-,10+,15+/m1/s1. The maximum Gasteiger partial charge on any atom is 0.357 e. The monoisotopic (exact) mass is 358 g/mol. The summed E-state index contributed by atoms with van der Waals surface area (Å²) in [6.07, 6.45) is 1.32. The molecule has 1 N–H and O–H groups in total. The van der Waals surface area contributed by atoms with Crippen LogP contribution in [0.15, 0.2) is 0 Å². The Hall–Kier alpha value is -1.71. The van der Waals surface area contributed by atoms with E-state index in [1.165, 1.54) is 20.8 Å². The zero-order chi connectivity index (χ0) is 18.6. The first-order valence-electron chi connectivity index (χ1n) is 8.28. The lowest BCUT2D eigenvalue weighted by Gasteiger charge is -2.50. The van der Waals surface area contributed by atoms with Crippen LogP contribution in [-0.4, -0.2) is 46.8 Å². The van der Waals surface area contributed by atoms with Crippen molar-refractivity contribution in [1.29, 1.82) is 0 Å². The molecule has 3 atom stereocenters. The molecule has 0 bridgehead atoms. The van der Waals surface area contributed by atoms with E-state index in [1.54, 1.807) is 6.92 Å². The summed E-state index contributed by atoms with van der Waals surface area (Å²) >= 11 is 0. The lowest BCUT2D eigenvalue weighted by molar-refractivity contribution is -0.496. The summed E-state index contributed by atoms with van der Waals surface area (Å²) in [4.78, 5) is 47.9. The van der Waals surface area contributed by atoms with Gasteiger partial charge in [-0.25, -0.2) is 14.5 Å². The highest BCUT2D eigenvalue weighted by molar-refractivity contribution is 6.06. The molecule has 3 aliphatic rings. The largest absolute Gasteiger partial charge is 0.466 e. The summed E-state index contributed by atoms with van der Waals surface area (Å²) in [5.41, 5.74) is -2.27. The molecule has 140 valence electrons. The number of ether oxygens (including phenoxy) is 3. The van der Waals surface area contributed by atoms with Crippen LogP contribution in [0, 0.1) is 17.8 Å². The van der Waals surface area contributed by atoms with E-state index >= 15 is 0 Å². The Morgan fingerprint density at radius 3 is 2.20 bits per heavy atom. The molecule has 0 aromatic heterocycles. The molecule has 9 heteroatoms. The fraction of sp³-hybridized carbons (Fsp3) is 0.812. The van der Waals surface area contributed by atoms with Gasteiger partial charge in [0.05, 0.1) is 6.61 Å². The van der Waals surface area contributed by atoms with Crippen LogP contribution in [-0.2, 0) is 38.4 Å². The molecule has 0 radical (unpaired) electrons. The number of carbonyl (C=O) groups excluding carboxylic acids is 3. The zero-order valence-corrected chi connectivity index (χ0v) is 14.6. The quantitative estimate of drug-likeness (QED) is 0.435. The molecule has 0 amide bonds. The van der Waals surface area contributed by atoms with Crippen molar-refractivity contribution < 1.29 is 43.5 Å². The number of esters is 3. The van der Waals surface area contributed by atoms with E-state index in [1.807, 2.05) is 0 Å². The molecule has 2 saturated heterocycles. The average molecular weight is 358 g/mol. The SMILES string of the molecule is CCOC(=O)[C@@H]1[C@@H](C2CC2)C2(OO[C@]1(C)O)C(=O)OC(C)(C)OC2=O. The van der Waals surface area contributed by atoms with Gasteiger partial charge < -0.3 is 19.3 Å². The van der Waals surface area contributed by atoms with Crippen LogP contribution in [0.2, 0.25) is 0 Å². The van der Waals surface area contributed by atoms with E-state index < -0.39 is 46.9 Å². The predicted molar refractivity (Wildman–Crippen MR) is 78.1 cm³/mol. The van der Waals surface area contributed by atoms with Gasteiger partial charge in [0.15, 0.2) is 0 Å². The first kappa shape index (κ1) is 18.1. The molecular weight excluding hydrogens is 336 g/mol. The molecule has 0 unspecified atom stereocenters. The molecule has 1 spiro atoms. The van der Waals surface area contributed by atoms with Crippen molar-refractivity contribution in [3.8, 4) is 0 Å². The van der Waals surface area contributed by atoms with Crippen molar-refractivity contribution in [2.24, 2.45) is 17.8 Å². The Balaban J connectivity index is 2.06. The normalized spacial score (nSPS) is 36.5. The van der Waals surface area contributed by atoms with Gasteiger partial charge in [-0.05, 0) is 32.6 Å². The number of carbonyl (C=O) groups is 3. The van der Waals surface area contributed by atoms with Crippen LogP contribution in [0.1, 0.15) is 40.5 Å². The molecule has 1 aliphatic carbocycles. The molecule has 0 aromatic carbocycles. The minimum absolute atomic E-state index is 0.0680. The minimum Gasteiger partial charge on any atom is -0.466 e. The van der Waals surface area contributed by atoms with Crippen LogP contribution in [0.4, 0.5) is 0 Å². The van der Waals surface area contributed by atoms with Gasteiger partial charge in [0, 0.05) is 19.8 Å². The van der Waals surface area contributed by atoms with Crippen LogP contribution < -0.4 is 0 Å². The number of aliphatic hydroxyl groups is 1. The maximum atomic E-state index is 12.7. The molecule has 1 saturated carbocycles. The van der Waals surface area contributed by atoms with Crippen LogP contribution >= 0.6 is 0 Å². The van der Waals surface area contributed by atoms with Gasteiger partial charge >= 0.3 is 17.9 Å². The summed E-state index contributed by atoms with van der Waals surface area (Å²) < 4.78 is 15.4.